The Labute approximate surface area is 176 Å². The van der Waals surface area contributed by atoms with Crippen molar-refractivity contribution in [3.05, 3.63) is 70.8 Å². The first-order chi connectivity index (χ1) is 14.5. The van der Waals surface area contributed by atoms with Gasteiger partial charge in [-0.05, 0) is 38.0 Å². The maximum absolute atomic E-state index is 13.0. The number of carbonyl (C=O) groups is 2. The normalized spacial score (nSPS) is 18.1. The van der Waals surface area contributed by atoms with Gasteiger partial charge in [-0.15, -0.1) is 0 Å². The number of ether oxygens (including phenoxy) is 2. The molecule has 0 saturated carbocycles. The molecule has 1 heterocycles. The second kappa shape index (κ2) is 9.59. The van der Waals surface area contributed by atoms with Crippen molar-refractivity contribution < 1.29 is 24.2 Å². The van der Waals surface area contributed by atoms with Crippen LogP contribution < -0.4 is 4.74 Å². The highest BCUT2D eigenvalue weighted by molar-refractivity contribution is 6.46. The van der Waals surface area contributed by atoms with Crippen LogP contribution in [0.5, 0.6) is 5.75 Å². The number of aliphatic hydroxyl groups excluding tert-OH is 1. The lowest BCUT2D eigenvalue weighted by atomic mass is 9.95. The Morgan fingerprint density at radius 1 is 1.13 bits per heavy atom. The first kappa shape index (κ1) is 21.6. The highest BCUT2D eigenvalue weighted by Gasteiger charge is 2.45. The van der Waals surface area contributed by atoms with Crippen molar-refractivity contribution >= 4 is 17.4 Å². The number of hydrogen-bond acceptors (Lipinski definition) is 5. The van der Waals surface area contributed by atoms with E-state index in [1.54, 1.807) is 19.2 Å². The van der Waals surface area contributed by atoms with E-state index in [4.69, 9.17) is 9.47 Å². The van der Waals surface area contributed by atoms with E-state index in [0.29, 0.717) is 43.1 Å². The van der Waals surface area contributed by atoms with Gasteiger partial charge in [0.15, 0.2) is 0 Å². The van der Waals surface area contributed by atoms with Crippen LogP contribution in [0, 0.1) is 6.92 Å². The molecule has 1 N–H and O–H groups in total. The SMILES string of the molecule is CCOc1cccc(C2/C(=C(/O)c3ccc(C)cc3)C(=O)C(=O)N2CCCOC)c1. The van der Waals surface area contributed by atoms with Gasteiger partial charge in [0.1, 0.15) is 11.5 Å². The number of hydrogen-bond donors (Lipinski definition) is 1. The van der Waals surface area contributed by atoms with Crippen molar-refractivity contribution in [2.45, 2.75) is 26.3 Å². The first-order valence-electron chi connectivity index (χ1n) is 10.0. The third kappa shape index (κ3) is 4.39. The molecule has 3 rings (SSSR count). The quantitative estimate of drug-likeness (QED) is 0.310. The Morgan fingerprint density at radius 3 is 2.53 bits per heavy atom. The van der Waals surface area contributed by atoms with Crippen LogP contribution in [-0.4, -0.2) is 48.6 Å². The number of aliphatic hydroxyl groups is 1. The largest absolute Gasteiger partial charge is 0.507 e. The van der Waals surface area contributed by atoms with Gasteiger partial charge in [0.25, 0.3) is 11.7 Å². The number of carbonyl (C=O) groups excluding carboxylic acids is 2. The summed E-state index contributed by atoms with van der Waals surface area (Å²) in [5.74, 6) is -0.828. The maximum Gasteiger partial charge on any atom is 0.295 e. The van der Waals surface area contributed by atoms with Crippen molar-refractivity contribution in [2.75, 3.05) is 26.9 Å². The molecule has 158 valence electrons. The van der Waals surface area contributed by atoms with Gasteiger partial charge in [0.2, 0.25) is 0 Å². The fourth-order valence-corrected chi connectivity index (χ4v) is 3.64. The molecule has 0 aromatic heterocycles. The maximum atomic E-state index is 13.0. The molecule has 30 heavy (non-hydrogen) atoms. The van der Waals surface area contributed by atoms with E-state index in [0.717, 1.165) is 5.56 Å². The number of nitrogens with zero attached hydrogens (tertiary/aromatic N) is 1. The summed E-state index contributed by atoms with van der Waals surface area (Å²) in [7, 11) is 1.59. The summed E-state index contributed by atoms with van der Waals surface area (Å²) in [6.45, 7) is 5.14. The predicted octanol–water partition coefficient (Wildman–Crippen LogP) is 3.85. The van der Waals surface area contributed by atoms with Crippen LogP contribution in [0.3, 0.4) is 0 Å². The molecule has 1 aliphatic rings. The van der Waals surface area contributed by atoms with E-state index in [1.165, 1.54) is 4.90 Å². The minimum absolute atomic E-state index is 0.0925. The molecule has 6 nitrogen and oxygen atoms in total. The molecule has 0 bridgehead atoms. The molecule has 6 heteroatoms. The Hall–Kier alpha value is -3.12. The molecule has 0 spiro atoms. The summed E-state index contributed by atoms with van der Waals surface area (Å²) in [5, 5.41) is 11.0. The van der Waals surface area contributed by atoms with E-state index < -0.39 is 17.7 Å². The van der Waals surface area contributed by atoms with Crippen LogP contribution in [0.4, 0.5) is 0 Å². The zero-order valence-electron chi connectivity index (χ0n) is 17.6. The van der Waals surface area contributed by atoms with Gasteiger partial charge in [-0.3, -0.25) is 9.59 Å². The second-order valence-electron chi connectivity index (χ2n) is 7.21. The second-order valence-corrected chi connectivity index (χ2v) is 7.21. The van der Waals surface area contributed by atoms with Crippen LogP contribution in [0.1, 0.15) is 36.1 Å². The smallest absolute Gasteiger partial charge is 0.295 e. The zero-order valence-corrected chi connectivity index (χ0v) is 17.6. The van der Waals surface area contributed by atoms with Gasteiger partial charge in [-0.25, -0.2) is 0 Å². The molecule has 0 aliphatic carbocycles. The van der Waals surface area contributed by atoms with Crippen LogP contribution in [0.2, 0.25) is 0 Å². The standard InChI is InChI=1S/C24H27NO5/c1-4-30-19-8-5-7-18(15-19)21-20(22(26)17-11-9-16(2)10-12-17)23(27)24(28)25(21)13-6-14-29-3/h5,7-12,15,21,26H,4,6,13-14H2,1-3H3/b22-20-. The van der Waals surface area contributed by atoms with Crippen molar-refractivity contribution in [1.29, 1.82) is 0 Å². The van der Waals surface area contributed by atoms with E-state index in [9.17, 15) is 14.7 Å². The topological polar surface area (TPSA) is 76.1 Å². The van der Waals surface area contributed by atoms with E-state index in [-0.39, 0.29) is 11.3 Å². The Morgan fingerprint density at radius 2 is 1.87 bits per heavy atom. The molecule has 1 amide bonds. The van der Waals surface area contributed by atoms with E-state index in [1.807, 2.05) is 50.2 Å². The minimum Gasteiger partial charge on any atom is -0.507 e. The van der Waals surface area contributed by atoms with E-state index in [2.05, 4.69) is 0 Å². The summed E-state index contributed by atoms with van der Waals surface area (Å²) < 4.78 is 10.7. The molecule has 0 radical (unpaired) electrons. The third-order valence-corrected chi connectivity index (χ3v) is 5.10. The van der Waals surface area contributed by atoms with Crippen molar-refractivity contribution in [2.24, 2.45) is 0 Å². The predicted molar refractivity (Wildman–Crippen MR) is 114 cm³/mol. The lowest BCUT2D eigenvalue weighted by Crippen LogP contribution is -2.31. The number of Topliss-reactive ketones (excluding diaryl/α,β-unsaturated/α-hetero) is 1. The fourth-order valence-electron chi connectivity index (χ4n) is 3.64. The number of rotatable bonds is 8. The van der Waals surface area contributed by atoms with Gasteiger partial charge in [0, 0.05) is 25.8 Å². The zero-order chi connectivity index (χ0) is 21.7. The van der Waals surface area contributed by atoms with Gasteiger partial charge < -0.3 is 19.5 Å². The first-order valence-corrected chi connectivity index (χ1v) is 10.0. The average Bonchev–Trinajstić information content (AvgIpc) is 2.99. The third-order valence-electron chi connectivity index (χ3n) is 5.10. The minimum atomic E-state index is -0.691. The molecule has 2 aromatic carbocycles. The summed E-state index contributed by atoms with van der Waals surface area (Å²) >= 11 is 0. The van der Waals surface area contributed by atoms with E-state index >= 15 is 0 Å². The van der Waals surface area contributed by atoms with Crippen LogP contribution in [-0.2, 0) is 14.3 Å². The average molecular weight is 409 g/mol. The highest BCUT2D eigenvalue weighted by atomic mass is 16.5. The van der Waals surface area contributed by atoms with Crippen LogP contribution in [0.15, 0.2) is 54.1 Å². The Kier molecular flexibility index (Phi) is 6.90. The molecular weight excluding hydrogens is 382 g/mol. The molecule has 1 saturated heterocycles. The van der Waals surface area contributed by atoms with Crippen molar-refractivity contribution in [1.82, 2.24) is 4.90 Å². The van der Waals surface area contributed by atoms with Crippen molar-refractivity contribution in [3.8, 4) is 5.75 Å². The lowest BCUT2D eigenvalue weighted by molar-refractivity contribution is -0.140. The number of ketones is 1. The van der Waals surface area contributed by atoms with Crippen LogP contribution >= 0.6 is 0 Å². The molecule has 1 aliphatic heterocycles. The number of methoxy groups -OCH3 is 1. The van der Waals surface area contributed by atoms with Gasteiger partial charge in [0.05, 0.1) is 18.2 Å². The van der Waals surface area contributed by atoms with Crippen LogP contribution in [0.25, 0.3) is 5.76 Å². The number of aryl methyl sites for hydroxylation is 1. The Balaban J connectivity index is 2.11. The molecule has 1 fully saturated rings. The summed E-state index contributed by atoms with van der Waals surface area (Å²) in [6, 6.07) is 13.8. The highest BCUT2D eigenvalue weighted by Crippen LogP contribution is 2.40. The number of likely N-dealkylation sites (tertiary alicyclic amines) is 1. The lowest BCUT2D eigenvalue weighted by Gasteiger charge is -2.25. The molecule has 2 aromatic rings. The molecule has 1 atom stereocenters. The Bertz CT molecular complexity index is 948. The molecule has 1 unspecified atom stereocenters. The monoisotopic (exact) mass is 409 g/mol. The summed E-state index contributed by atoms with van der Waals surface area (Å²) in [4.78, 5) is 27.3. The summed E-state index contributed by atoms with van der Waals surface area (Å²) in [6.07, 6.45) is 0.579. The van der Waals surface area contributed by atoms with Gasteiger partial charge in [-0.1, -0.05) is 42.0 Å². The van der Waals surface area contributed by atoms with Crippen molar-refractivity contribution in [3.63, 3.8) is 0 Å². The van der Waals surface area contributed by atoms with Gasteiger partial charge >= 0.3 is 0 Å². The fraction of sp³-hybridized carbons (Fsp3) is 0.333. The summed E-state index contributed by atoms with van der Waals surface area (Å²) in [5.41, 5.74) is 2.34. The number of benzene rings is 2. The molecular formula is C24H27NO5. The number of amides is 1. The van der Waals surface area contributed by atoms with Gasteiger partial charge in [-0.2, -0.15) is 0 Å².